The van der Waals surface area contributed by atoms with Gasteiger partial charge in [-0.3, -0.25) is 4.79 Å². The number of nitrogens with zero attached hydrogens (tertiary/aromatic N) is 3. The third kappa shape index (κ3) is 3.23. The van der Waals surface area contributed by atoms with E-state index >= 15 is 0 Å². The molecule has 2 aromatic heterocycles. The Labute approximate surface area is 144 Å². The number of carbonyl (C=O) groups excluding carboxylic acids is 1. The lowest BCUT2D eigenvalue weighted by Gasteiger charge is -2.30. The molecule has 4 rings (SSSR count). The second-order valence-electron chi connectivity index (χ2n) is 6.42. The Morgan fingerprint density at radius 3 is 2.67 bits per heavy atom. The third-order valence-electron chi connectivity index (χ3n) is 4.91. The number of amides is 1. The van der Waals surface area contributed by atoms with Crippen molar-refractivity contribution >= 4 is 17.2 Å². The molecule has 0 radical (unpaired) electrons. The van der Waals surface area contributed by atoms with Gasteiger partial charge in [0.15, 0.2) is 5.82 Å². The van der Waals surface area contributed by atoms with Crippen LogP contribution in [0.4, 0.5) is 0 Å². The minimum Gasteiger partial charge on any atom is -0.381 e. The van der Waals surface area contributed by atoms with Crippen molar-refractivity contribution in [1.29, 1.82) is 0 Å². The van der Waals surface area contributed by atoms with Crippen LogP contribution in [0.15, 0.2) is 22.0 Å². The van der Waals surface area contributed by atoms with Crippen LogP contribution >= 0.6 is 11.3 Å². The van der Waals surface area contributed by atoms with Crippen molar-refractivity contribution in [3.63, 3.8) is 0 Å². The van der Waals surface area contributed by atoms with E-state index in [-0.39, 0.29) is 11.8 Å². The predicted molar refractivity (Wildman–Crippen MR) is 89.3 cm³/mol. The molecule has 0 aliphatic carbocycles. The van der Waals surface area contributed by atoms with Crippen molar-refractivity contribution in [3.8, 4) is 0 Å². The van der Waals surface area contributed by atoms with Crippen molar-refractivity contribution in [2.75, 3.05) is 26.3 Å². The van der Waals surface area contributed by atoms with E-state index in [1.54, 1.807) is 0 Å². The number of likely N-dealkylation sites (tertiary alicyclic amines) is 1. The highest BCUT2D eigenvalue weighted by Gasteiger charge is 2.29. The summed E-state index contributed by atoms with van der Waals surface area (Å²) >= 11 is 1.50. The van der Waals surface area contributed by atoms with Gasteiger partial charge in [-0.05, 0) is 37.1 Å². The monoisotopic (exact) mass is 347 g/mol. The Bertz CT molecular complexity index is 671. The average Bonchev–Trinajstić information content (AvgIpc) is 3.34. The van der Waals surface area contributed by atoms with Crippen molar-refractivity contribution < 1.29 is 14.1 Å². The molecule has 128 valence electrons. The van der Waals surface area contributed by atoms with E-state index in [1.807, 2.05) is 22.4 Å². The maximum Gasteiger partial charge on any atom is 0.263 e. The van der Waals surface area contributed by atoms with E-state index in [1.165, 1.54) is 11.3 Å². The summed E-state index contributed by atoms with van der Waals surface area (Å²) in [7, 11) is 0. The summed E-state index contributed by atoms with van der Waals surface area (Å²) < 4.78 is 10.9. The van der Waals surface area contributed by atoms with E-state index in [4.69, 9.17) is 9.26 Å². The first-order valence-corrected chi connectivity index (χ1v) is 9.43. The zero-order chi connectivity index (χ0) is 16.4. The summed E-state index contributed by atoms with van der Waals surface area (Å²) in [5, 5.41) is 6.13. The SMILES string of the molecule is O=C(c1cccs1)N1CCC(c2nc(C3CCOCC3)no2)CC1. The van der Waals surface area contributed by atoms with Crippen molar-refractivity contribution in [2.45, 2.75) is 37.5 Å². The summed E-state index contributed by atoms with van der Waals surface area (Å²) in [6, 6.07) is 3.80. The molecule has 0 saturated carbocycles. The van der Waals surface area contributed by atoms with Crippen LogP contribution in [-0.2, 0) is 4.74 Å². The highest BCUT2D eigenvalue weighted by atomic mass is 32.1. The van der Waals surface area contributed by atoms with E-state index in [0.717, 1.165) is 68.6 Å². The summed E-state index contributed by atoms with van der Waals surface area (Å²) in [6.45, 7) is 3.04. The third-order valence-corrected chi connectivity index (χ3v) is 5.77. The first kappa shape index (κ1) is 15.8. The minimum atomic E-state index is 0.136. The number of hydrogen-bond donors (Lipinski definition) is 0. The number of aromatic nitrogens is 2. The molecular weight excluding hydrogens is 326 g/mol. The van der Waals surface area contributed by atoms with Gasteiger partial charge in [-0.25, -0.2) is 0 Å². The van der Waals surface area contributed by atoms with Gasteiger partial charge in [0.25, 0.3) is 5.91 Å². The summed E-state index contributed by atoms with van der Waals surface area (Å²) in [5.41, 5.74) is 0. The molecule has 0 bridgehead atoms. The lowest BCUT2D eigenvalue weighted by molar-refractivity contribution is 0.0709. The van der Waals surface area contributed by atoms with Gasteiger partial charge in [-0.15, -0.1) is 11.3 Å². The van der Waals surface area contributed by atoms with Gasteiger partial charge in [0.05, 0.1) is 4.88 Å². The smallest absolute Gasteiger partial charge is 0.263 e. The van der Waals surface area contributed by atoms with E-state index < -0.39 is 0 Å². The highest BCUT2D eigenvalue weighted by Crippen LogP contribution is 2.30. The van der Waals surface area contributed by atoms with E-state index in [9.17, 15) is 4.79 Å². The largest absolute Gasteiger partial charge is 0.381 e. The number of ether oxygens (including phenoxy) is 1. The fourth-order valence-corrected chi connectivity index (χ4v) is 4.11. The quantitative estimate of drug-likeness (QED) is 0.853. The van der Waals surface area contributed by atoms with Gasteiger partial charge in [-0.1, -0.05) is 11.2 Å². The molecule has 0 spiro atoms. The topological polar surface area (TPSA) is 68.5 Å². The van der Waals surface area contributed by atoms with Gasteiger partial charge < -0.3 is 14.2 Å². The Morgan fingerprint density at radius 1 is 1.17 bits per heavy atom. The molecule has 2 fully saturated rings. The van der Waals surface area contributed by atoms with Gasteiger partial charge >= 0.3 is 0 Å². The van der Waals surface area contributed by atoms with Gasteiger partial charge in [0.2, 0.25) is 5.89 Å². The molecule has 1 amide bonds. The van der Waals surface area contributed by atoms with Crippen LogP contribution < -0.4 is 0 Å². The molecule has 2 aliphatic rings. The molecule has 2 aromatic rings. The predicted octanol–water partition coefficient (Wildman–Crippen LogP) is 3.04. The molecule has 4 heterocycles. The Kier molecular flexibility index (Phi) is 4.62. The van der Waals surface area contributed by atoms with Crippen molar-refractivity contribution in [3.05, 3.63) is 34.1 Å². The van der Waals surface area contributed by atoms with E-state index in [2.05, 4.69) is 10.1 Å². The van der Waals surface area contributed by atoms with Crippen LogP contribution in [0, 0.1) is 0 Å². The van der Waals surface area contributed by atoms with Crippen LogP contribution in [0.25, 0.3) is 0 Å². The average molecular weight is 347 g/mol. The van der Waals surface area contributed by atoms with Gasteiger partial charge in [-0.2, -0.15) is 4.98 Å². The molecule has 0 unspecified atom stereocenters. The first-order valence-electron chi connectivity index (χ1n) is 8.55. The Hall–Kier alpha value is -1.73. The minimum absolute atomic E-state index is 0.136. The summed E-state index contributed by atoms with van der Waals surface area (Å²) in [6.07, 6.45) is 3.69. The first-order chi connectivity index (χ1) is 11.8. The number of thiophene rings is 1. The molecule has 2 aliphatic heterocycles. The molecule has 6 nitrogen and oxygen atoms in total. The molecule has 2 saturated heterocycles. The lowest BCUT2D eigenvalue weighted by atomic mass is 9.96. The maximum absolute atomic E-state index is 12.4. The molecule has 24 heavy (non-hydrogen) atoms. The number of rotatable bonds is 3. The Morgan fingerprint density at radius 2 is 1.96 bits per heavy atom. The molecule has 7 heteroatoms. The number of piperidine rings is 1. The highest BCUT2D eigenvalue weighted by molar-refractivity contribution is 7.12. The van der Waals surface area contributed by atoms with Crippen LogP contribution in [0.5, 0.6) is 0 Å². The van der Waals surface area contributed by atoms with Crippen molar-refractivity contribution in [1.82, 2.24) is 15.0 Å². The zero-order valence-electron chi connectivity index (χ0n) is 13.5. The molecule has 0 N–H and O–H groups in total. The zero-order valence-corrected chi connectivity index (χ0v) is 14.3. The molecule has 0 aromatic carbocycles. The fraction of sp³-hybridized carbons (Fsp3) is 0.588. The van der Waals surface area contributed by atoms with Crippen LogP contribution in [0.1, 0.15) is 58.9 Å². The molecular formula is C17H21N3O3S. The summed E-state index contributed by atoms with van der Waals surface area (Å²) in [4.78, 5) is 19.8. The van der Waals surface area contributed by atoms with Crippen LogP contribution in [-0.4, -0.2) is 47.3 Å². The lowest BCUT2D eigenvalue weighted by Crippen LogP contribution is -2.37. The van der Waals surface area contributed by atoms with Gasteiger partial charge in [0.1, 0.15) is 0 Å². The fourth-order valence-electron chi connectivity index (χ4n) is 3.42. The second-order valence-corrected chi connectivity index (χ2v) is 7.37. The standard InChI is InChI=1S/C17H21N3O3S/c21-17(14-2-1-11-24-14)20-7-3-13(4-8-20)16-18-15(19-23-16)12-5-9-22-10-6-12/h1-2,11-13H,3-10H2. The van der Waals surface area contributed by atoms with E-state index in [0.29, 0.717) is 5.92 Å². The maximum atomic E-state index is 12.4. The van der Waals surface area contributed by atoms with Gasteiger partial charge in [0, 0.05) is 38.1 Å². The normalized spacial score (nSPS) is 20.4. The van der Waals surface area contributed by atoms with Crippen LogP contribution in [0.3, 0.4) is 0 Å². The molecule has 0 atom stereocenters. The second kappa shape index (κ2) is 7.03. The van der Waals surface area contributed by atoms with Crippen LogP contribution in [0.2, 0.25) is 0 Å². The van der Waals surface area contributed by atoms with Crippen molar-refractivity contribution in [2.24, 2.45) is 0 Å². The number of hydrogen-bond acceptors (Lipinski definition) is 6. The number of carbonyl (C=O) groups is 1. The Balaban J connectivity index is 1.36. The summed E-state index contributed by atoms with van der Waals surface area (Å²) in [5.74, 6) is 2.32.